The summed E-state index contributed by atoms with van der Waals surface area (Å²) < 4.78 is 0.667. The van der Waals surface area contributed by atoms with Gasteiger partial charge in [-0.1, -0.05) is 0 Å². The fourth-order valence-electron chi connectivity index (χ4n) is 1.53. The molecular formula is C10H10BrN4O2+. The molecule has 0 atom stereocenters. The van der Waals surface area contributed by atoms with Crippen LogP contribution >= 0.6 is 15.9 Å². The van der Waals surface area contributed by atoms with E-state index in [4.69, 9.17) is 5.73 Å². The lowest BCUT2D eigenvalue weighted by Crippen LogP contribution is -2.01. The Hall–Kier alpha value is -1.76. The Kier molecular flexibility index (Phi) is 2.93. The number of nitrogen functional groups attached to an aromatic ring is 1. The summed E-state index contributed by atoms with van der Waals surface area (Å²) in [5, 5.41) is 0.609. The van der Waals surface area contributed by atoms with E-state index in [1.807, 2.05) is 0 Å². The maximum Gasteiger partial charge on any atom is 0.318 e. The first-order valence-corrected chi connectivity index (χ1v) is 5.57. The first kappa shape index (κ1) is 11.7. The van der Waals surface area contributed by atoms with Gasteiger partial charge in [0, 0.05) is 12.1 Å². The van der Waals surface area contributed by atoms with E-state index in [0.29, 0.717) is 37.6 Å². The van der Waals surface area contributed by atoms with Gasteiger partial charge < -0.3 is 5.73 Å². The molecule has 0 unspecified atom stereocenters. The molecule has 1 heterocycles. The Morgan fingerprint density at radius 2 is 2.12 bits per heavy atom. The van der Waals surface area contributed by atoms with Crippen molar-refractivity contribution in [3.63, 3.8) is 0 Å². The highest BCUT2D eigenvalue weighted by atomic mass is 79.9. The van der Waals surface area contributed by atoms with Crippen molar-refractivity contribution in [2.24, 2.45) is 0 Å². The van der Waals surface area contributed by atoms with Gasteiger partial charge in [-0.05, 0) is 22.9 Å². The minimum absolute atomic E-state index is 0.325. The highest BCUT2D eigenvalue weighted by molar-refractivity contribution is 9.10. The zero-order valence-electron chi connectivity index (χ0n) is 9.27. The molecule has 17 heavy (non-hydrogen) atoms. The number of nitrogens with two attached hydrogens (primary N) is 1. The molecule has 6 nitrogen and oxygen atoms in total. The molecule has 2 N–H and O–H groups in total. The number of hydrogen-bond acceptors (Lipinski definition) is 5. The third-order valence-corrected chi connectivity index (χ3v) is 2.86. The standard InChI is InChI=1S/C10H10BrN4O2/c1-5-13-9-7(10(12)14-5)3-6(4-8(9)11)15(16)17-2/h3-4H,1-2H3,(H2,12,13,14)/q+1. The molecule has 0 bridgehead atoms. The van der Waals surface area contributed by atoms with E-state index in [1.165, 1.54) is 7.11 Å². The number of fused-ring (bicyclic) bond motifs is 1. The molecule has 0 fully saturated rings. The monoisotopic (exact) mass is 297 g/mol. The van der Waals surface area contributed by atoms with Gasteiger partial charge in [0.25, 0.3) is 4.92 Å². The molecule has 1 aromatic heterocycles. The summed E-state index contributed by atoms with van der Waals surface area (Å²) in [6.07, 6.45) is 0. The summed E-state index contributed by atoms with van der Waals surface area (Å²) in [7, 11) is 1.29. The summed E-state index contributed by atoms with van der Waals surface area (Å²) in [5.41, 5.74) is 6.80. The molecular weight excluding hydrogens is 288 g/mol. The molecule has 2 rings (SSSR count). The second-order valence-corrected chi connectivity index (χ2v) is 4.27. The van der Waals surface area contributed by atoms with Crippen LogP contribution in [-0.4, -0.2) is 22.0 Å². The first-order valence-electron chi connectivity index (χ1n) is 4.77. The topological polar surface area (TPSA) is 81.1 Å². The highest BCUT2D eigenvalue weighted by Gasteiger charge is 2.19. The molecule has 7 heteroatoms. The van der Waals surface area contributed by atoms with Crippen LogP contribution in [0.2, 0.25) is 0 Å². The molecule has 0 aliphatic heterocycles. The Labute approximate surface area is 105 Å². The number of aromatic nitrogens is 2. The smallest absolute Gasteiger partial charge is 0.318 e. The third kappa shape index (κ3) is 2.05. The van der Waals surface area contributed by atoms with Crippen molar-refractivity contribution in [2.45, 2.75) is 6.92 Å². The van der Waals surface area contributed by atoms with Crippen molar-refractivity contribution in [1.29, 1.82) is 0 Å². The predicted octanol–water partition coefficient (Wildman–Crippen LogP) is 2.25. The van der Waals surface area contributed by atoms with Gasteiger partial charge in [0.15, 0.2) is 7.11 Å². The van der Waals surface area contributed by atoms with Gasteiger partial charge in [0.05, 0.1) is 20.3 Å². The zero-order chi connectivity index (χ0) is 12.6. The van der Waals surface area contributed by atoms with Crippen LogP contribution < -0.4 is 5.73 Å². The van der Waals surface area contributed by atoms with Gasteiger partial charge in [-0.3, -0.25) is 0 Å². The average molecular weight is 298 g/mol. The fourth-order valence-corrected chi connectivity index (χ4v) is 2.06. The van der Waals surface area contributed by atoms with Gasteiger partial charge in [0.2, 0.25) is 0 Å². The van der Waals surface area contributed by atoms with E-state index >= 15 is 0 Å². The molecule has 1 aromatic carbocycles. The van der Waals surface area contributed by atoms with Crippen molar-refractivity contribution < 1.29 is 9.76 Å². The average Bonchev–Trinajstić information content (AvgIpc) is 2.29. The maximum absolute atomic E-state index is 11.4. The van der Waals surface area contributed by atoms with Gasteiger partial charge in [-0.2, -0.15) is 0 Å². The van der Waals surface area contributed by atoms with Crippen LogP contribution in [0.4, 0.5) is 11.5 Å². The van der Waals surface area contributed by atoms with Crippen LogP contribution in [0, 0.1) is 11.8 Å². The largest absolute Gasteiger partial charge is 0.383 e. The van der Waals surface area contributed by atoms with Crippen molar-refractivity contribution in [3.05, 3.63) is 27.3 Å². The number of nitrogens with zero attached hydrogens (tertiary/aromatic N) is 3. The molecule has 0 aliphatic carbocycles. The lowest BCUT2D eigenvalue weighted by molar-refractivity contribution is -0.736. The van der Waals surface area contributed by atoms with Crippen LogP contribution in [0.15, 0.2) is 16.6 Å². The van der Waals surface area contributed by atoms with Crippen LogP contribution in [0.25, 0.3) is 10.9 Å². The van der Waals surface area contributed by atoms with Gasteiger partial charge in [-0.25, -0.2) is 14.8 Å². The molecule has 0 radical (unpaired) electrons. The molecule has 0 amide bonds. The molecule has 0 aliphatic rings. The maximum atomic E-state index is 11.4. The van der Waals surface area contributed by atoms with Gasteiger partial charge in [-0.15, -0.1) is 0 Å². The first-order chi connectivity index (χ1) is 8.02. The lowest BCUT2D eigenvalue weighted by Gasteiger charge is -2.03. The van der Waals surface area contributed by atoms with Crippen molar-refractivity contribution >= 4 is 38.3 Å². The van der Waals surface area contributed by atoms with Gasteiger partial charge in [0.1, 0.15) is 11.6 Å². The fraction of sp³-hybridized carbons (Fsp3) is 0.200. The Balaban J connectivity index is 2.77. The third-order valence-electron chi connectivity index (χ3n) is 2.26. The SMILES string of the molecule is CO[N+](=O)c1cc(Br)c2nc(C)nc(N)c2c1. The number of halogens is 1. The number of hydrogen-bond donors (Lipinski definition) is 1. The molecule has 88 valence electrons. The summed E-state index contributed by atoms with van der Waals surface area (Å²) in [6, 6.07) is 3.20. The zero-order valence-corrected chi connectivity index (χ0v) is 10.9. The quantitative estimate of drug-likeness (QED) is 0.860. The minimum atomic E-state index is 0.325. The van der Waals surface area contributed by atoms with E-state index < -0.39 is 0 Å². The lowest BCUT2D eigenvalue weighted by atomic mass is 10.2. The van der Waals surface area contributed by atoms with E-state index in [-0.39, 0.29) is 0 Å². The molecule has 0 spiro atoms. The second-order valence-electron chi connectivity index (χ2n) is 3.42. The van der Waals surface area contributed by atoms with E-state index in [9.17, 15) is 4.91 Å². The number of rotatable bonds is 2. The van der Waals surface area contributed by atoms with Crippen LogP contribution in [0.5, 0.6) is 0 Å². The minimum Gasteiger partial charge on any atom is -0.383 e. The Morgan fingerprint density at radius 1 is 1.41 bits per heavy atom. The normalized spacial score (nSPS) is 10.5. The number of anilines is 1. The van der Waals surface area contributed by atoms with Crippen LogP contribution in [0.3, 0.4) is 0 Å². The molecule has 2 aromatic rings. The number of benzene rings is 1. The Bertz CT molecular complexity index is 615. The van der Waals surface area contributed by atoms with E-state index in [2.05, 4.69) is 30.7 Å². The summed E-state index contributed by atoms with van der Waals surface area (Å²) in [5.74, 6) is 0.911. The number of aryl methyl sites for hydroxylation is 1. The highest BCUT2D eigenvalue weighted by Crippen LogP contribution is 2.30. The summed E-state index contributed by atoms with van der Waals surface area (Å²) in [6.45, 7) is 1.76. The van der Waals surface area contributed by atoms with Gasteiger partial charge >= 0.3 is 5.69 Å². The van der Waals surface area contributed by atoms with Crippen molar-refractivity contribution in [1.82, 2.24) is 9.97 Å². The second kappa shape index (κ2) is 4.25. The van der Waals surface area contributed by atoms with E-state index in [1.54, 1.807) is 19.1 Å². The van der Waals surface area contributed by atoms with Crippen LogP contribution in [0.1, 0.15) is 5.82 Å². The predicted molar refractivity (Wildman–Crippen MR) is 66.7 cm³/mol. The Morgan fingerprint density at radius 3 is 2.76 bits per heavy atom. The van der Waals surface area contributed by atoms with E-state index in [0.717, 1.165) is 0 Å². The van der Waals surface area contributed by atoms with Crippen molar-refractivity contribution in [3.8, 4) is 0 Å². The summed E-state index contributed by atoms with van der Waals surface area (Å²) >= 11 is 3.35. The van der Waals surface area contributed by atoms with Crippen LogP contribution in [-0.2, 0) is 4.84 Å². The molecule has 0 saturated carbocycles. The van der Waals surface area contributed by atoms with Crippen molar-refractivity contribution in [2.75, 3.05) is 12.8 Å². The molecule has 0 saturated heterocycles. The summed E-state index contributed by atoms with van der Waals surface area (Å²) in [4.78, 5) is 24.7.